The third kappa shape index (κ3) is 3.35. The molecule has 2 aromatic carbocycles. The maximum absolute atomic E-state index is 13.6. The van der Waals surface area contributed by atoms with Gasteiger partial charge in [-0.05, 0) is 37.1 Å². The van der Waals surface area contributed by atoms with Gasteiger partial charge in [-0.15, -0.1) is 0 Å². The average molecular weight is 323 g/mol. The Labute approximate surface area is 139 Å². The summed E-state index contributed by atoms with van der Waals surface area (Å²) in [6.07, 6.45) is 2.01. The topological polar surface area (TPSA) is 46.9 Å². The molecule has 0 spiro atoms. The summed E-state index contributed by atoms with van der Waals surface area (Å²) in [5, 5.41) is 7.10. The molecule has 24 heavy (non-hydrogen) atoms. The molecule has 0 saturated heterocycles. The predicted molar refractivity (Wildman–Crippen MR) is 90.7 cm³/mol. The lowest BCUT2D eigenvalue weighted by Crippen LogP contribution is -2.26. The van der Waals surface area contributed by atoms with Crippen molar-refractivity contribution in [1.29, 1.82) is 0 Å². The Balaban J connectivity index is 1.66. The summed E-state index contributed by atoms with van der Waals surface area (Å²) in [7, 11) is 0. The van der Waals surface area contributed by atoms with E-state index < -0.39 is 0 Å². The third-order valence-electron chi connectivity index (χ3n) is 3.89. The minimum atomic E-state index is -0.250. The SMILES string of the molecule is Cc1c(C(=O)NCCc2ccccc2F)cnn1-c1ccccc1. The summed E-state index contributed by atoms with van der Waals surface area (Å²) in [6.45, 7) is 2.22. The summed E-state index contributed by atoms with van der Waals surface area (Å²) in [4.78, 5) is 12.3. The highest BCUT2D eigenvalue weighted by atomic mass is 19.1. The molecule has 0 aliphatic rings. The first-order chi connectivity index (χ1) is 11.7. The first kappa shape index (κ1) is 15.9. The van der Waals surface area contributed by atoms with E-state index in [0.717, 1.165) is 11.4 Å². The van der Waals surface area contributed by atoms with Gasteiger partial charge in [-0.1, -0.05) is 36.4 Å². The number of amides is 1. The van der Waals surface area contributed by atoms with Crippen molar-refractivity contribution in [2.24, 2.45) is 0 Å². The summed E-state index contributed by atoms with van der Waals surface area (Å²) in [5.74, 6) is -0.453. The highest BCUT2D eigenvalue weighted by Crippen LogP contribution is 2.14. The molecule has 5 heteroatoms. The molecule has 1 aromatic heterocycles. The highest BCUT2D eigenvalue weighted by molar-refractivity contribution is 5.95. The van der Waals surface area contributed by atoms with Gasteiger partial charge in [0.2, 0.25) is 0 Å². The van der Waals surface area contributed by atoms with Crippen LogP contribution in [0.3, 0.4) is 0 Å². The Morgan fingerprint density at radius 2 is 1.83 bits per heavy atom. The zero-order valence-electron chi connectivity index (χ0n) is 13.4. The van der Waals surface area contributed by atoms with Crippen LogP contribution in [0.4, 0.5) is 4.39 Å². The number of aromatic nitrogens is 2. The minimum absolute atomic E-state index is 0.203. The van der Waals surface area contributed by atoms with Crippen molar-refractivity contribution in [3.63, 3.8) is 0 Å². The minimum Gasteiger partial charge on any atom is -0.352 e. The highest BCUT2D eigenvalue weighted by Gasteiger charge is 2.14. The van der Waals surface area contributed by atoms with Crippen molar-refractivity contribution in [2.75, 3.05) is 6.54 Å². The van der Waals surface area contributed by atoms with E-state index in [4.69, 9.17) is 0 Å². The van der Waals surface area contributed by atoms with Crippen LogP contribution in [0.15, 0.2) is 60.8 Å². The Hall–Kier alpha value is -2.95. The van der Waals surface area contributed by atoms with Crippen molar-refractivity contribution in [1.82, 2.24) is 15.1 Å². The number of rotatable bonds is 5. The Bertz CT molecular complexity index is 843. The number of benzene rings is 2. The number of carbonyl (C=O) groups is 1. The monoisotopic (exact) mass is 323 g/mol. The largest absolute Gasteiger partial charge is 0.352 e. The molecule has 3 rings (SSSR count). The zero-order valence-corrected chi connectivity index (χ0v) is 13.4. The summed E-state index contributed by atoms with van der Waals surface area (Å²) in [5.41, 5.74) is 2.78. The smallest absolute Gasteiger partial charge is 0.254 e. The fourth-order valence-electron chi connectivity index (χ4n) is 2.57. The number of hydrogen-bond donors (Lipinski definition) is 1. The maximum Gasteiger partial charge on any atom is 0.254 e. The van der Waals surface area contributed by atoms with Gasteiger partial charge in [-0.2, -0.15) is 5.10 Å². The van der Waals surface area contributed by atoms with Crippen molar-refractivity contribution in [3.05, 3.63) is 83.4 Å². The molecule has 0 unspecified atom stereocenters. The summed E-state index contributed by atoms with van der Waals surface area (Å²) >= 11 is 0. The van der Waals surface area contributed by atoms with Gasteiger partial charge in [0.05, 0.1) is 23.1 Å². The van der Waals surface area contributed by atoms with E-state index in [2.05, 4.69) is 10.4 Å². The molecule has 0 saturated carbocycles. The van der Waals surface area contributed by atoms with E-state index in [1.807, 2.05) is 37.3 Å². The molecule has 122 valence electrons. The molecule has 0 radical (unpaired) electrons. The van der Waals surface area contributed by atoms with Gasteiger partial charge in [0.1, 0.15) is 5.82 Å². The van der Waals surface area contributed by atoms with Crippen LogP contribution in [-0.2, 0) is 6.42 Å². The molecule has 3 aromatic rings. The van der Waals surface area contributed by atoms with Crippen LogP contribution in [0.25, 0.3) is 5.69 Å². The van der Waals surface area contributed by atoms with Crippen LogP contribution in [0.5, 0.6) is 0 Å². The van der Waals surface area contributed by atoms with Crippen LogP contribution in [-0.4, -0.2) is 22.2 Å². The molecule has 0 aliphatic carbocycles. The average Bonchev–Trinajstić information content (AvgIpc) is 2.99. The van der Waals surface area contributed by atoms with Gasteiger partial charge < -0.3 is 5.32 Å². The van der Waals surface area contributed by atoms with Crippen LogP contribution >= 0.6 is 0 Å². The first-order valence-electron chi connectivity index (χ1n) is 7.78. The van der Waals surface area contributed by atoms with Crippen molar-refractivity contribution in [3.8, 4) is 5.69 Å². The second-order valence-corrected chi connectivity index (χ2v) is 5.49. The van der Waals surface area contributed by atoms with Crippen LogP contribution in [0, 0.1) is 12.7 Å². The second kappa shape index (κ2) is 7.08. The molecule has 0 bridgehead atoms. The second-order valence-electron chi connectivity index (χ2n) is 5.49. The number of nitrogens with zero attached hydrogens (tertiary/aromatic N) is 2. The molecule has 1 N–H and O–H groups in total. The molecule has 0 fully saturated rings. The van der Waals surface area contributed by atoms with Gasteiger partial charge in [-0.3, -0.25) is 4.79 Å². The molecule has 4 nitrogen and oxygen atoms in total. The fraction of sp³-hybridized carbons (Fsp3) is 0.158. The van der Waals surface area contributed by atoms with Crippen LogP contribution < -0.4 is 5.32 Å². The Morgan fingerprint density at radius 1 is 1.12 bits per heavy atom. The standard InChI is InChI=1S/C19H18FN3O/c1-14-17(13-22-23(14)16-8-3-2-4-9-16)19(24)21-12-11-15-7-5-6-10-18(15)20/h2-10,13H,11-12H2,1H3,(H,21,24). The van der Waals surface area contributed by atoms with Crippen LogP contribution in [0.2, 0.25) is 0 Å². The maximum atomic E-state index is 13.6. The number of hydrogen-bond acceptors (Lipinski definition) is 2. The van der Waals surface area contributed by atoms with Gasteiger partial charge in [0.15, 0.2) is 0 Å². The van der Waals surface area contributed by atoms with Crippen molar-refractivity contribution in [2.45, 2.75) is 13.3 Å². The van der Waals surface area contributed by atoms with Gasteiger partial charge in [-0.25, -0.2) is 9.07 Å². The first-order valence-corrected chi connectivity index (χ1v) is 7.78. The van der Waals surface area contributed by atoms with Gasteiger partial charge >= 0.3 is 0 Å². The van der Waals surface area contributed by atoms with E-state index in [-0.39, 0.29) is 11.7 Å². The van der Waals surface area contributed by atoms with Crippen molar-refractivity contribution >= 4 is 5.91 Å². The lowest BCUT2D eigenvalue weighted by molar-refractivity contribution is 0.0953. The Kier molecular flexibility index (Phi) is 4.70. The van der Waals surface area contributed by atoms with Crippen molar-refractivity contribution < 1.29 is 9.18 Å². The number of carbonyl (C=O) groups excluding carboxylic acids is 1. The van der Waals surface area contributed by atoms with Crippen LogP contribution in [0.1, 0.15) is 21.6 Å². The predicted octanol–water partition coefficient (Wildman–Crippen LogP) is 3.29. The summed E-state index contributed by atoms with van der Waals surface area (Å²) < 4.78 is 15.3. The van der Waals surface area contributed by atoms with Gasteiger partial charge in [0, 0.05) is 6.54 Å². The number of halogens is 1. The third-order valence-corrected chi connectivity index (χ3v) is 3.89. The molecule has 1 heterocycles. The number of nitrogens with one attached hydrogen (secondary N) is 1. The Morgan fingerprint density at radius 3 is 2.58 bits per heavy atom. The summed E-state index contributed by atoms with van der Waals surface area (Å²) in [6, 6.07) is 16.2. The molecule has 0 atom stereocenters. The van der Waals surface area contributed by atoms with Gasteiger partial charge in [0.25, 0.3) is 5.91 Å². The van der Waals surface area contributed by atoms with E-state index >= 15 is 0 Å². The fourth-order valence-corrected chi connectivity index (χ4v) is 2.57. The molecular weight excluding hydrogens is 305 g/mol. The quantitative estimate of drug-likeness (QED) is 0.783. The normalized spacial score (nSPS) is 10.6. The molecule has 0 aliphatic heterocycles. The number of para-hydroxylation sites is 1. The molecular formula is C19H18FN3O. The lowest BCUT2D eigenvalue weighted by atomic mass is 10.1. The van der Waals surface area contributed by atoms with E-state index in [1.165, 1.54) is 6.07 Å². The van der Waals surface area contributed by atoms with E-state index in [0.29, 0.717) is 24.1 Å². The van der Waals surface area contributed by atoms with E-state index in [9.17, 15) is 9.18 Å². The zero-order chi connectivity index (χ0) is 16.9. The lowest BCUT2D eigenvalue weighted by Gasteiger charge is -2.07. The van der Waals surface area contributed by atoms with E-state index in [1.54, 1.807) is 29.1 Å². The molecule has 1 amide bonds.